The second-order valence-electron chi connectivity index (χ2n) is 3.54. The van der Waals surface area contributed by atoms with Crippen molar-refractivity contribution >= 4 is 33.4 Å². The van der Waals surface area contributed by atoms with Crippen molar-refractivity contribution in [2.45, 2.75) is 20.3 Å². The SMILES string of the molecule is CCSCCCOc1c(C)cc(Br)cc1N. The average molecular weight is 304 g/mol. The van der Waals surface area contributed by atoms with Gasteiger partial charge in [-0.05, 0) is 42.5 Å². The van der Waals surface area contributed by atoms with E-state index in [9.17, 15) is 0 Å². The maximum absolute atomic E-state index is 5.90. The highest BCUT2D eigenvalue weighted by Gasteiger charge is 2.05. The molecule has 0 spiro atoms. The second-order valence-corrected chi connectivity index (χ2v) is 5.85. The van der Waals surface area contributed by atoms with Crippen LogP contribution in [0.1, 0.15) is 18.9 Å². The maximum atomic E-state index is 5.90. The Hall–Kier alpha value is -0.350. The monoisotopic (exact) mass is 303 g/mol. The predicted octanol–water partition coefficient (Wildman–Crippen LogP) is 3.86. The van der Waals surface area contributed by atoms with Gasteiger partial charge in [0.1, 0.15) is 5.75 Å². The van der Waals surface area contributed by atoms with Crippen molar-refractivity contribution in [1.82, 2.24) is 0 Å². The molecule has 1 aromatic rings. The zero-order valence-corrected chi connectivity index (χ0v) is 12.2. The first-order valence-electron chi connectivity index (χ1n) is 5.41. The summed E-state index contributed by atoms with van der Waals surface area (Å²) in [5.74, 6) is 3.13. The number of rotatable bonds is 6. The van der Waals surface area contributed by atoms with E-state index in [2.05, 4.69) is 22.9 Å². The minimum atomic E-state index is 0.704. The molecule has 0 saturated carbocycles. The van der Waals surface area contributed by atoms with Gasteiger partial charge in [0.05, 0.1) is 12.3 Å². The van der Waals surface area contributed by atoms with Crippen LogP contribution in [-0.2, 0) is 0 Å². The van der Waals surface area contributed by atoms with Crippen molar-refractivity contribution < 1.29 is 4.74 Å². The van der Waals surface area contributed by atoms with Crippen LogP contribution in [0.2, 0.25) is 0 Å². The number of hydrogen-bond donors (Lipinski definition) is 1. The molecule has 0 aromatic heterocycles. The zero-order chi connectivity index (χ0) is 12.0. The highest BCUT2D eigenvalue weighted by molar-refractivity contribution is 9.10. The Morgan fingerprint density at radius 2 is 2.19 bits per heavy atom. The summed E-state index contributed by atoms with van der Waals surface area (Å²) in [6, 6.07) is 3.90. The summed E-state index contributed by atoms with van der Waals surface area (Å²) >= 11 is 5.35. The molecule has 0 heterocycles. The molecule has 4 heteroatoms. The number of benzene rings is 1. The van der Waals surface area contributed by atoms with Crippen molar-refractivity contribution in [3.05, 3.63) is 22.2 Å². The van der Waals surface area contributed by atoms with Crippen LogP contribution in [0.15, 0.2) is 16.6 Å². The molecule has 2 N–H and O–H groups in total. The van der Waals surface area contributed by atoms with Crippen LogP contribution >= 0.6 is 27.7 Å². The topological polar surface area (TPSA) is 35.2 Å². The van der Waals surface area contributed by atoms with Gasteiger partial charge in [0.15, 0.2) is 0 Å². The maximum Gasteiger partial charge on any atom is 0.145 e. The minimum Gasteiger partial charge on any atom is -0.491 e. The van der Waals surface area contributed by atoms with Crippen LogP contribution in [0.3, 0.4) is 0 Å². The lowest BCUT2D eigenvalue weighted by molar-refractivity contribution is 0.318. The number of nitrogen functional groups attached to an aromatic ring is 1. The van der Waals surface area contributed by atoms with Crippen LogP contribution in [0.5, 0.6) is 5.75 Å². The molecule has 0 aliphatic carbocycles. The molecule has 16 heavy (non-hydrogen) atoms. The molecule has 0 fully saturated rings. The number of anilines is 1. The highest BCUT2D eigenvalue weighted by atomic mass is 79.9. The lowest BCUT2D eigenvalue weighted by Gasteiger charge is -2.12. The molecular formula is C12H18BrNOS. The van der Waals surface area contributed by atoms with E-state index in [1.807, 2.05) is 30.8 Å². The molecule has 0 saturated heterocycles. The van der Waals surface area contributed by atoms with Crippen molar-refractivity contribution in [3.8, 4) is 5.75 Å². The molecule has 0 unspecified atom stereocenters. The van der Waals surface area contributed by atoms with Gasteiger partial charge >= 0.3 is 0 Å². The highest BCUT2D eigenvalue weighted by Crippen LogP contribution is 2.30. The fourth-order valence-corrected chi connectivity index (χ4v) is 2.63. The summed E-state index contributed by atoms with van der Waals surface area (Å²) in [5, 5.41) is 0. The summed E-state index contributed by atoms with van der Waals surface area (Å²) in [4.78, 5) is 0. The Labute approximate surface area is 110 Å². The van der Waals surface area contributed by atoms with Crippen molar-refractivity contribution in [2.75, 3.05) is 23.8 Å². The summed E-state index contributed by atoms with van der Waals surface area (Å²) in [5.41, 5.74) is 7.69. The normalized spacial score (nSPS) is 10.4. The minimum absolute atomic E-state index is 0.704. The largest absolute Gasteiger partial charge is 0.491 e. The van der Waals surface area contributed by atoms with Crippen molar-refractivity contribution in [2.24, 2.45) is 0 Å². The summed E-state index contributed by atoms with van der Waals surface area (Å²) < 4.78 is 6.71. The first-order valence-corrected chi connectivity index (χ1v) is 7.36. The first kappa shape index (κ1) is 13.7. The number of halogens is 1. The van der Waals surface area contributed by atoms with E-state index in [1.165, 1.54) is 5.75 Å². The lowest BCUT2D eigenvalue weighted by Crippen LogP contribution is -2.03. The van der Waals surface area contributed by atoms with E-state index in [0.717, 1.165) is 34.6 Å². The standard InChI is InChI=1S/C12H18BrNOS/c1-3-16-6-4-5-15-12-9(2)7-10(13)8-11(12)14/h7-8H,3-6,14H2,1-2H3. The number of aryl methyl sites for hydroxylation is 1. The molecule has 0 aliphatic heterocycles. The number of thioether (sulfide) groups is 1. The van der Waals surface area contributed by atoms with Gasteiger partial charge in [-0.25, -0.2) is 0 Å². The molecule has 2 nitrogen and oxygen atoms in total. The third-order valence-corrected chi connectivity index (χ3v) is 3.60. The van der Waals surface area contributed by atoms with Gasteiger partial charge < -0.3 is 10.5 Å². The van der Waals surface area contributed by atoms with Crippen LogP contribution in [0.25, 0.3) is 0 Å². The van der Waals surface area contributed by atoms with E-state index in [-0.39, 0.29) is 0 Å². The van der Waals surface area contributed by atoms with E-state index in [1.54, 1.807) is 0 Å². The Morgan fingerprint density at radius 3 is 2.81 bits per heavy atom. The lowest BCUT2D eigenvalue weighted by atomic mass is 10.2. The Morgan fingerprint density at radius 1 is 1.44 bits per heavy atom. The molecule has 0 radical (unpaired) electrons. The van der Waals surface area contributed by atoms with Crippen LogP contribution in [0, 0.1) is 6.92 Å². The Bertz CT molecular complexity index is 321. The smallest absolute Gasteiger partial charge is 0.145 e. The summed E-state index contributed by atoms with van der Waals surface area (Å²) in [6.07, 6.45) is 1.06. The molecule has 1 aromatic carbocycles. The third-order valence-electron chi connectivity index (χ3n) is 2.15. The van der Waals surface area contributed by atoms with Crippen molar-refractivity contribution in [3.63, 3.8) is 0 Å². The molecule has 0 amide bonds. The molecule has 0 atom stereocenters. The van der Waals surface area contributed by atoms with Gasteiger partial charge in [0, 0.05) is 4.47 Å². The fraction of sp³-hybridized carbons (Fsp3) is 0.500. The Kier molecular flexibility index (Phi) is 6.06. The number of nitrogens with two attached hydrogens (primary N) is 1. The predicted molar refractivity (Wildman–Crippen MR) is 76.4 cm³/mol. The summed E-state index contributed by atoms with van der Waals surface area (Å²) in [6.45, 7) is 4.92. The number of hydrogen-bond acceptors (Lipinski definition) is 3. The molecule has 0 bridgehead atoms. The van der Waals surface area contributed by atoms with E-state index >= 15 is 0 Å². The van der Waals surface area contributed by atoms with Crippen LogP contribution < -0.4 is 10.5 Å². The quantitative estimate of drug-likeness (QED) is 0.640. The Balaban J connectivity index is 2.47. The molecule has 90 valence electrons. The van der Waals surface area contributed by atoms with E-state index in [4.69, 9.17) is 10.5 Å². The zero-order valence-electron chi connectivity index (χ0n) is 9.75. The molecular weight excluding hydrogens is 286 g/mol. The van der Waals surface area contributed by atoms with Crippen LogP contribution in [0.4, 0.5) is 5.69 Å². The molecule has 0 aliphatic rings. The summed E-state index contributed by atoms with van der Waals surface area (Å²) in [7, 11) is 0. The average Bonchev–Trinajstić information content (AvgIpc) is 2.20. The molecule has 1 rings (SSSR count). The van der Waals surface area contributed by atoms with Gasteiger partial charge in [0.25, 0.3) is 0 Å². The van der Waals surface area contributed by atoms with E-state index < -0.39 is 0 Å². The van der Waals surface area contributed by atoms with Crippen LogP contribution in [-0.4, -0.2) is 18.1 Å². The van der Waals surface area contributed by atoms with Gasteiger partial charge in [0.2, 0.25) is 0 Å². The van der Waals surface area contributed by atoms with E-state index in [0.29, 0.717) is 5.69 Å². The van der Waals surface area contributed by atoms with Crippen molar-refractivity contribution in [1.29, 1.82) is 0 Å². The fourth-order valence-electron chi connectivity index (χ4n) is 1.43. The third kappa shape index (κ3) is 4.26. The second kappa shape index (κ2) is 7.07. The van der Waals surface area contributed by atoms with Gasteiger partial charge in [-0.1, -0.05) is 22.9 Å². The first-order chi connectivity index (χ1) is 7.65. The van der Waals surface area contributed by atoms with Gasteiger partial charge in [-0.3, -0.25) is 0 Å². The number of ether oxygens (including phenoxy) is 1. The van der Waals surface area contributed by atoms with Gasteiger partial charge in [-0.2, -0.15) is 11.8 Å². The van der Waals surface area contributed by atoms with Gasteiger partial charge in [-0.15, -0.1) is 0 Å².